The van der Waals surface area contributed by atoms with Crippen LogP contribution in [0.2, 0.25) is 0 Å². The summed E-state index contributed by atoms with van der Waals surface area (Å²) in [6, 6.07) is 6.92. The first kappa shape index (κ1) is 18.8. The number of rotatable bonds is 11. The molecular formula is C20H31NO3. The van der Waals surface area contributed by atoms with Crippen LogP contribution in [0.3, 0.4) is 0 Å². The van der Waals surface area contributed by atoms with E-state index in [-0.39, 0.29) is 0 Å². The molecule has 0 amide bonds. The van der Waals surface area contributed by atoms with E-state index in [1.165, 1.54) is 25.7 Å². The van der Waals surface area contributed by atoms with Gasteiger partial charge in [0, 0.05) is 5.69 Å². The molecule has 1 aliphatic carbocycles. The summed E-state index contributed by atoms with van der Waals surface area (Å²) in [4.78, 5) is 12.3. The lowest BCUT2D eigenvalue weighted by molar-refractivity contribution is -0.0307. The van der Waals surface area contributed by atoms with E-state index >= 15 is 0 Å². The van der Waals surface area contributed by atoms with Gasteiger partial charge in [0.05, 0.1) is 11.7 Å². The summed E-state index contributed by atoms with van der Waals surface area (Å²) in [5, 5.41) is 10.5. The summed E-state index contributed by atoms with van der Waals surface area (Å²) in [5.41, 5.74) is 6.64. The van der Waals surface area contributed by atoms with Gasteiger partial charge in [-0.25, -0.2) is 4.79 Å². The lowest BCUT2D eigenvalue weighted by atomic mass is 10.0. The molecule has 3 N–H and O–H groups in total. The number of ether oxygens (including phenoxy) is 1. The maximum Gasteiger partial charge on any atom is 0.340 e. The molecule has 0 radical (unpaired) electrons. The average molecular weight is 333 g/mol. The molecule has 1 aromatic carbocycles. The third-order valence-electron chi connectivity index (χ3n) is 4.74. The molecule has 2 atom stereocenters. The first-order chi connectivity index (χ1) is 11.6. The van der Waals surface area contributed by atoms with Gasteiger partial charge >= 0.3 is 5.97 Å². The molecule has 1 aromatic rings. The third kappa shape index (κ3) is 5.82. The van der Waals surface area contributed by atoms with Gasteiger partial charge in [-0.3, -0.25) is 0 Å². The van der Waals surface area contributed by atoms with Crippen LogP contribution >= 0.6 is 0 Å². The Bertz CT molecular complexity index is 513. The van der Waals surface area contributed by atoms with Crippen molar-refractivity contribution < 1.29 is 14.6 Å². The molecule has 4 heteroatoms. The number of esters is 1. The van der Waals surface area contributed by atoms with Crippen LogP contribution in [0.15, 0.2) is 24.3 Å². The molecule has 134 valence electrons. The number of aliphatic hydroxyl groups excluding tert-OH is 1. The van der Waals surface area contributed by atoms with Crippen LogP contribution in [0.4, 0.5) is 5.69 Å². The first-order valence-electron chi connectivity index (χ1n) is 9.37. The van der Waals surface area contributed by atoms with Crippen molar-refractivity contribution >= 4 is 11.7 Å². The monoisotopic (exact) mass is 333 g/mol. The van der Waals surface area contributed by atoms with Crippen molar-refractivity contribution in [3.63, 3.8) is 0 Å². The largest absolute Gasteiger partial charge is 0.456 e. The van der Waals surface area contributed by atoms with E-state index in [9.17, 15) is 9.90 Å². The Kier molecular flexibility index (Phi) is 7.57. The van der Waals surface area contributed by atoms with Gasteiger partial charge in [-0.15, -0.1) is 0 Å². The van der Waals surface area contributed by atoms with E-state index in [2.05, 4.69) is 6.92 Å². The van der Waals surface area contributed by atoms with Crippen LogP contribution < -0.4 is 5.73 Å². The van der Waals surface area contributed by atoms with Gasteiger partial charge in [-0.2, -0.15) is 0 Å². The van der Waals surface area contributed by atoms with E-state index < -0.39 is 18.2 Å². The Balaban J connectivity index is 1.81. The van der Waals surface area contributed by atoms with Crippen LogP contribution in [-0.2, 0) is 4.74 Å². The smallest absolute Gasteiger partial charge is 0.340 e. The normalized spacial score (nSPS) is 16.6. The Morgan fingerprint density at radius 2 is 1.88 bits per heavy atom. The summed E-state index contributed by atoms with van der Waals surface area (Å²) in [7, 11) is 0. The maximum atomic E-state index is 12.3. The highest BCUT2D eigenvalue weighted by atomic mass is 16.6. The molecule has 2 rings (SSSR count). The summed E-state index contributed by atoms with van der Waals surface area (Å²) in [6.07, 6.45) is 8.90. The molecule has 1 saturated carbocycles. The lowest BCUT2D eigenvalue weighted by Gasteiger charge is -2.23. The number of para-hydroxylation sites is 1. The number of carbonyl (C=O) groups is 1. The number of hydrogen-bond donors (Lipinski definition) is 2. The fraction of sp³-hybridized carbons (Fsp3) is 0.650. The van der Waals surface area contributed by atoms with Crippen LogP contribution in [0.5, 0.6) is 0 Å². The molecule has 24 heavy (non-hydrogen) atoms. The summed E-state index contributed by atoms with van der Waals surface area (Å²) >= 11 is 0. The molecule has 4 nitrogen and oxygen atoms in total. The minimum atomic E-state index is -0.572. The fourth-order valence-corrected chi connectivity index (χ4v) is 3.08. The fourth-order valence-electron chi connectivity index (χ4n) is 3.08. The standard InChI is InChI=1S/C20H31NO3/c1-2-3-4-5-6-7-12-18(22)19(15-13-14-15)24-20(23)16-10-8-9-11-17(16)21/h8-11,15,18-19,22H,2-7,12-14,21H2,1H3. The summed E-state index contributed by atoms with van der Waals surface area (Å²) < 4.78 is 5.63. The minimum absolute atomic E-state index is 0.300. The van der Waals surface area contributed by atoms with Gasteiger partial charge in [0.25, 0.3) is 0 Å². The predicted molar refractivity (Wildman–Crippen MR) is 96.8 cm³/mol. The van der Waals surface area contributed by atoms with Gasteiger partial charge in [-0.1, -0.05) is 57.6 Å². The van der Waals surface area contributed by atoms with Gasteiger partial charge in [-0.05, 0) is 37.3 Å². The van der Waals surface area contributed by atoms with E-state index in [1.54, 1.807) is 24.3 Å². The highest BCUT2D eigenvalue weighted by Gasteiger charge is 2.38. The van der Waals surface area contributed by atoms with Crippen LogP contribution in [0.25, 0.3) is 0 Å². The highest BCUT2D eigenvalue weighted by Crippen LogP contribution is 2.37. The molecule has 0 saturated heterocycles. The molecule has 2 unspecified atom stereocenters. The quantitative estimate of drug-likeness (QED) is 0.359. The zero-order valence-electron chi connectivity index (χ0n) is 14.7. The van der Waals surface area contributed by atoms with Crippen LogP contribution in [0, 0.1) is 5.92 Å². The second-order valence-electron chi connectivity index (χ2n) is 6.92. The number of aliphatic hydroxyl groups is 1. The molecule has 0 bridgehead atoms. The van der Waals surface area contributed by atoms with Gasteiger partial charge in [0.15, 0.2) is 0 Å². The third-order valence-corrected chi connectivity index (χ3v) is 4.74. The van der Waals surface area contributed by atoms with E-state index in [0.717, 1.165) is 25.7 Å². The Morgan fingerprint density at radius 3 is 2.54 bits per heavy atom. The molecule has 1 aliphatic rings. The Morgan fingerprint density at radius 1 is 1.21 bits per heavy atom. The SMILES string of the molecule is CCCCCCCCC(O)C(OC(=O)c1ccccc1N)C1CC1. The van der Waals surface area contributed by atoms with Crippen molar-refractivity contribution in [3.8, 4) is 0 Å². The van der Waals surface area contributed by atoms with Crippen LogP contribution in [-0.4, -0.2) is 23.3 Å². The molecular weight excluding hydrogens is 302 g/mol. The van der Waals surface area contributed by atoms with Crippen molar-refractivity contribution in [1.29, 1.82) is 0 Å². The molecule has 0 spiro atoms. The zero-order valence-corrected chi connectivity index (χ0v) is 14.7. The highest BCUT2D eigenvalue weighted by molar-refractivity contribution is 5.95. The van der Waals surface area contributed by atoms with Crippen molar-refractivity contribution in [1.82, 2.24) is 0 Å². The molecule has 0 heterocycles. The number of benzene rings is 1. The van der Waals surface area contributed by atoms with Crippen molar-refractivity contribution in [2.45, 2.75) is 76.9 Å². The number of hydrogen-bond acceptors (Lipinski definition) is 4. The van der Waals surface area contributed by atoms with E-state index in [1.807, 2.05) is 0 Å². The van der Waals surface area contributed by atoms with Crippen molar-refractivity contribution in [2.24, 2.45) is 5.92 Å². The summed E-state index contributed by atoms with van der Waals surface area (Å²) in [6.45, 7) is 2.21. The number of nitrogens with two attached hydrogens (primary N) is 1. The number of carbonyl (C=O) groups excluding carboxylic acids is 1. The van der Waals surface area contributed by atoms with Gasteiger partial charge in [0.1, 0.15) is 6.10 Å². The maximum absolute atomic E-state index is 12.3. The van der Waals surface area contributed by atoms with Gasteiger partial charge < -0.3 is 15.6 Å². The molecule has 0 aliphatic heterocycles. The second kappa shape index (κ2) is 9.67. The van der Waals surface area contributed by atoms with Crippen molar-refractivity contribution in [3.05, 3.63) is 29.8 Å². The second-order valence-corrected chi connectivity index (χ2v) is 6.92. The summed E-state index contributed by atoms with van der Waals surface area (Å²) in [5.74, 6) is -0.124. The topological polar surface area (TPSA) is 72.5 Å². The van der Waals surface area contributed by atoms with Gasteiger partial charge in [0.2, 0.25) is 0 Å². The predicted octanol–water partition coefficient (Wildman–Crippen LogP) is 4.32. The number of anilines is 1. The average Bonchev–Trinajstić information content (AvgIpc) is 3.40. The number of nitrogen functional groups attached to an aromatic ring is 1. The lowest BCUT2D eigenvalue weighted by Crippen LogP contribution is -2.33. The van der Waals surface area contributed by atoms with E-state index in [0.29, 0.717) is 23.6 Å². The molecule has 1 fully saturated rings. The Hall–Kier alpha value is -1.55. The first-order valence-corrected chi connectivity index (χ1v) is 9.37. The van der Waals surface area contributed by atoms with Crippen LogP contribution in [0.1, 0.15) is 75.1 Å². The number of unbranched alkanes of at least 4 members (excludes halogenated alkanes) is 5. The molecule has 0 aromatic heterocycles. The minimum Gasteiger partial charge on any atom is -0.456 e. The van der Waals surface area contributed by atoms with Crippen molar-refractivity contribution in [2.75, 3.05) is 5.73 Å². The van der Waals surface area contributed by atoms with E-state index in [4.69, 9.17) is 10.5 Å². The Labute approximate surface area is 145 Å². The zero-order chi connectivity index (χ0) is 17.4.